The third-order valence-electron chi connectivity index (χ3n) is 3.11. The largest absolute Gasteiger partial charge is 0.506 e. The molecule has 1 aromatic carbocycles. The zero-order valence-electron chi connectivity index (χ0n) is 11.7. The highest BCUT2D eigenvalue weighted by molar-refractivity contribution is 9.10. The van der Waals surface area contributed by atoms with Crippen LogP contribution in [0.15, 0.2) is 48.7 Å². The topological polar surface area (TPSA) is 53.4 Å². The molecule has 0 spiro atoms. The summed E-state index contributed by atoms with van der Waals surface area (Å²) < 4.78 is 0. The zero-order chi connectivity index (χ0) is 15.2. The summed E-state index contributed by atoms with van der Waals surface area (Å²) >= 11 is 3.38. The number of aromatic nitrogens is 1. The Morgan fingerprint density at radius 2 is 2.00 bits per heavy atom. The summed E-state index contributed by atoms with van der Waals surface area (Å²) in [7, 11) is 0. The number of hydrogen-bond donors (Lipinski definition) is 1. The molecule has 1 unspecified atom stereocenters. The predicted octanol–water partition coefficient (Wildman–Crippen LogP) is 3.49. The van der Waals surface area contributed by atoms with Crippen molar-refractivity contribution in [2.75, 3.05) is 4.90 Å². The molecule has 0 aliphatic rings. The van der Waals surface area contributed by atoms with Gasteiger partial charge in [-0.2, -0.15) is 0 Å². The molecule has 0 bridgehead atoms. The minimum Gasteiger partial charge on any atom is -0.506 e. The molecule has 1 amide bonds. The molecule has 0 saturated heterocycles. The fourth-order valence-electron chi connectivity index (χ4n) is 1.97. The third kappa shape index (κ3) is 3.82. The van der Waals surface area contributed by atoms with Gasteiger partial charge in [-0.3, -0.25) is 9.78 Å². The van der Waals surface area contributed by atoms with Crippen LogP contribution in [-0.2, 0) is 11.3 Å². The van der Waals surface area contributed by atoms with E-state index in [1.165, 1.54) is 0 Å². The van der Waals surface area contributed by atoms with Gasteiger partial charge in [0, 0.05) is 6.20 Å². The number of nitrogens with zero attached hydrogens (tertiary/aromatic N) is 2. The molecule has 0 radical (unpaired) electrons. The average molecular weight is 349 g/mol. The highest BCUT2D eigenvalue weighted by Crippen LogP contribution is 2.29. The number of phenolic OH excluding ortho intramolecular Hbond substituents is 1. The lowest BCUT2D eigenvalue weighted by molar-refractivity contribution is -0.118. The first-order chi connectivity index (χ1) is 10.1. The fourth-order valence-corrected chi connectivity index (χ4v) is 2.22. The highest BCUT2D eigenvalue weighted by Gasteiger charge is 2.24. The number of benzene rings is 1. The number of phenols is 1. The summed E-state index contributed by atoms with van der Waals surface area (Å²) in [4.78, 5) is 18.1. The monoisotopic (exact) mass is 348 g/mol. The summed E-state index contributed by atoms with van der Waals surface area (Å²) in [5.41, 5.74) is 1.26. The van der Waals surface area contributed by atoms with Gasteiger partial charge in [0.1, 0.15) is 5.75 Å². The molecule has 1 aromatic heterocycles. The van der Waals surface area contributed by atoms with Crippen molar-refractivity contribution in [2.45, 2.75) is 24.7 Å². The van der Waals surface area contributed by atoms with Crippen molar-refractivity contribution < 1.29 is 9.90 Å². The molecular formula is C16H17BrN2O2. The van der Waals surface area contributed by atoms with Crippen LogP contribution in [-0.4, -0.2) is 20.8 Å². The number of rotatable bonds is 5. The summed E-state index contributed by atoms with van der Waals surface area (Å²) in [5, 5.41) is 10.0. The van der Waals surface area contributed by atoms with E-state index >= 15 is 0 Å². The van der Waals surface area contributed by atoms with Crippen molar-refractivity contribution in [3.8, 4) is 5.75 Å². The first-order valence-corrected chi connectivity index (χ1v) is 7.68. The molecule has 5 heteroatoms. The highest BCUT2D eigenvalue weighted by atomic mass is 79.9. The minimum atomic E-state index is -0.291. The molecule has 1 N–H and O–H groups in total. The molecule has 1 heterocycles. The Hall–Kier alpha value is -1.88. The molecule has 1 atom stereocenters. The molecular weight excluding hydrogens is 332 g/mol. The Kier molecular flexibility index (Phi) is 5.33. The Bertz CT molecular complexity index is 604. The van der Waals surface area contributed by atoms with Gasteiger partial charge >= 0.3 is 0 Å². The number of hydrogen-bond acceptors (Lipinski definition) is 3. The van der Waals surface area contributed by atoms with Crippen molar-refractivity contribution in [1.29, 1.82) is 0 Å². The van der Waals surface area contributed by atoms with Crippen LogP contribution in [0.2, 0.25) is 0 Å². The van der Waals surface area contributed by atoms with Gasteiger partial charge < -0.3 is 10.0 Å². The van der Waals surface area contributed by atoms with Crippen molar-refractivity contribution in [3.63, 3.8) is 0 Å². The lowest BCUT2D eigenvalue weighted by Crippen LogP contribution is -2.36. The molecule has 110 valence electrons. The Morgan fingerprint density at radius 3 is 2.62 bits per heavy atom. The standard InChI is InChI=1S/C16H17BrN2O2/c1-2-13(17)16(21)19(11-12-7-5-6-10-18-12)14-8-3-4-9-15(14)20/h3-10,13,20H,2,11H2,1H3. The second-order valence-electron chi connectivity index (χ2n) is 4.61. The fraction of sp³-hybridized carbons (Fsp3) is 0.250. The maximum absolute atomic E-state index is 12.6. The maximum Gasteiger partial charge on any atom is 0.241 e. The SMILES string of the molecule is CCC(Br)C(=O)N(Cc1ccccn1)c1ccccc1O. The Balaban J connectivity index is 2.35. The number of alkyl halides is 1. The quantitative estimate of drug-likeness (QED) is 0.841. The van der Waals surface area contributed by atoms with Gasteiger partial charge in [-0.05, 0) is 30.7 Å². The van der Waals surface area contributed by atoms with Crippen molar-refractivity contribution in [3.05, 3.63) is 54.4 Å². The summed E-state index contributed by atoms with van der Waals surface area (Å²) in [6.45, 7) is 2.25. The van der Waals surface area contributed by atoms with Gasteiger partial charge in [0.25, 0.3) is 0 Å². The molecule has 0 aliphatic carbocycles. The number of aromatic hydroxyl groups is 1. The average Bonchev–Trinajstić information content (AvgIpc) is 2.53. The molecule has 0 aliphatic heterocycles. The molecule has 4 nitrogen and oxygen atoms in total. The zero-order valence-corrected chi connectivity index (χ0v) is 13.3. The predicted molar refractivity (Wildman–Crippen MR) is 86.5 cm³/mol. The summed E-state index contributed by atoms with van der Waals surface area (Å²) in [5.74, 6) is -0.0118. The van der Waals surface area contributed by atoms with Crippen LogP contribution in [0.5, 0.6) is 5.75 Å². The van der Waals surface area contributed by atoms with Crippen molar-refractivity contribution >= 4 is 27.5 Å². The van der Waals surface area contributed by atoms with E-state index < -0.39 is 0 Å². The first-order valence-electron chi connectivity index (χ1n) is 6.76. The summed E-state index contributed by atoms with van der Waals surface area (Å²) in [6, 6.07) is 12.4. The Labute approximate surface area is 132 Å². The van der Waals surface area contributed by atoms with Crippen LogP contribution in [0, 0.1) is 0 Å². The number of halogens is 1. The lowest BCUT2D eigenvalue weighted by atomic mass is 10.2. The van der Waals surface area contributed by atoms with Crippen LogP contribution >= 0.6 is 15.9 Å². The third-order valence-corrected chi connectivity index (χ3v) is 4.15. The second kappa shape index (κ2) is 7.22. The van der Waals surface area contributed by atoms with Gasteiger partial charge in [0.2, 0.25) is 5.91 Å². The van der Waals surface area contributed by atoms with E-state index in [2.05, 4.69) is 20.9 Å². The van der Waals surface area contributed by atoms with Gasteiger partial charge in [0.15, 0.2) is 0 Å². The first kappa shape index (κ1) is 15.5. The molecule has 0 saturated carbocycles. The van der Waals surface area contributed by atoms with Crippen molar-refractivity contribution in [1.82, 2.24) is 4.98 Å². The molecule has 2 rings (SSSR count). The van der Waals surface area contributed by atoms with Crippen molar-refractivity contribution in [2.24, 2.45) is 0 Å². The lowest BCUT2D eigenvalue weighted by Gasteiger charge is -2.25. The van der Waals surface area contributed by atoms with Gasteiger partial charge in [0.05, 0.1) is 22.8 Å². The molecule has 21 heavy (non-hydrogen) atoms. The van der Waals surface area contributed by atoms with E-state index in [9.17, 15) is 9.90 Å². The van der Waals surface area contributed by atoms with E-state index in [4.69, 9.17) is 0 Å². The maximum atomic E-state index is 12.6. The second-order valence-corrected chi connectivity index (χ2v) is 5.72. The number of para-hydroxylation sites is 2. The van der Waals surface area contributed by atoms with Crippen LogP contribution < -0.4 is 4.90 Å². The van der Waals surface area contributed by atoms with Gasteiger partial charge in [-0.25, -0.2) is 0 Å². The molecule has 2 aromatic rings. The number of amides is 1. The Morgan fingerprint density at radius 1 is 1.29 bits per heavy atom. The molecule has 0 fully saturated rings. The van der Waals surface area contributed by atoms with E-state index in [1.54, 1.807) is 35.4 Å². The number of carbonyl (C=O) groups is 1. The van der Waals surface area contributed by atoms with E-state index in [1.807, 2.05) is 25.1 Å². The van der Waals surface area contributed by atoms with Gasteiger partial charge in [-0.1, -0.05) is 41.1 Å². The smallest absolute Gasteiger partial charge is 0.241 e. The van der Waals surface area contributed by atoms with Gasteiger partial charge in [-0.15, -0.1) is 0 Å². The number of carbonyl (C=O) groups excluding carboxylic acids is 1. The normalized spacial score (nSPS) is 11.9. The van der Waals surface area contributed by atoms with E-state index in [0.717, 1.165) is 5.69 Å². The van der Waals surface area contributed by atoms with E-state index in [0.29, 0.717) is 18.7 Å². The van der Waals surface area contributed by atoms with Crippen LogP contribution in [0.3, 0.4) is 0 Å². The van der Waals surface area contributed by atoms with Crippen LogP contribution in [0.25, 0.3) is 0 Å². The number of anilines is 1. The minimum absolute atomic E-state index is 0.0811. The van der Waals surface area contributed by atoms with Crippen LogP contribution in [0.4, 0.5) is 5.69 Å². The number of pyridine rings is 1. The van der Waals surface area contributed by atoms with E-state index in [-0.39, 0.29) is 16.5 Å². The summed E-state index contributed by atoms with van der Waals surface area (Å²) in [6.07, 6.45) is 2.36. The van der Waals surface area contributed by atoms with Crippen LogP contribution in [0.1, 0.15) is 19.0 Å².